The van der Waals surface area contributed by atoms with Crippen LogP contribution in [0.15, 0.2) is 24.5 Å². The monoisotopic (exact) mass is 270 g/mol. The van der Waals surface area contributed by atoms with Gasteiger partial charge in [0.05, 0.1) is 11.5 Å². The average molecular weight is 270 g/mol. The first-order valence-corrected chi connectivity index (χ1v) is 8.12. The summed E-state index contributed by atoms with van der Waals surface area (Å²) in [5, 5.41) is 3.13. The van der Waals surface area contributed by atoms with Gasteiger partial charge in [0.15, 0.2) is 9.84 Å². The average Bonchev–Trinajstić information content (AvgIpc) is 2.34. The lowest BCUT2D eigenvalue weighted by molar-refractivity contribution is 0.570. The van der Waals surface area contributed by atoms with Crippen molar-refractivity contribution in [1.29, 1.82) is 0 Å². The summed E-state index contributed by atoms with van der Waals surface area (Å²) in [7, 11) is -2.91. The van der Waals surface area contributed by atoms with Crippen LogP contribution in [0.5, 0.6) is 0 Å². The van der Waals surface area contributed by atoms with Gasteiger partial charge in [-0.1, -0.05) is 19.9 Å². The second-order valence-electron chi connectivity index (χ2n) is 4.87. The van der Waals surface area contributed by atoms with Gasteiger partial charge in [0.25, 0.3) is 0 Å². The molecule has 0 atom stereocenters. The normalized spacial score (nSPS) is 11.9. The Bertz CT molecular complexity index is 430. The van der Waals surface area contributed by atoms with Crippen LogP contribution in [0.25, 0.3) is 0 Å². The van der Waals surface area contributed by atoms with Crippen molar-refractivity contribution in [3.05, 3.63) is 30.1 Å². The summed E-state index contributed by atoms with van der Waals surface area (Å²) in [4.78, 5) is 4.00. The highest BCUT2D eigenvalue weighted by Crippen LogP contribution is 2.03. The van der Waals surface area contributed by atoms with Crippen molar-refractivity contribution >= 4 is 9.84 Å². The van der Waals surface area contributed by atoms with Gasteiger partial charge in [-0.2, -0.15) is 0 Å². The Morgan fingerprint density at radius 2 is 2.11 bits per heavy atom. The van der Waals surface area contributed by atoms with Gasteiger partial charge in [-0.15, -0.1) is 0 Å². The summed E-state index contributed by atoms with van der Waals surface area (Å²) >= 11 is 0. The number of nitrogens with one attached hydrogen (secondary N) is 1. The molecule has 1 heterocycles. The fraction of sp³-hybridized carbons (Fsp3) is 0.615. The number of hydrogen-bond acceptors (Lipinski definition) is 4. The Labute approximate surface area is 110 Å². The van der Waals surface area contributed by atoms with Gasteiger partial charge >= 0.3 is 0 Å². The molecular formula is C13H22N2O2S. The van der Waals surface area contributed by atoms with Gasteiger partial charge in [0.1, 0.15) is 0 Å². The first-order chi connectivity index (χ1) is 8.49. The molecule has 102 valence electrons. The zero-order valence-corrected chi connectivity index (χ0v) is 11.9. The molecule has 1 aromatic rings. The quantitative estimate of drug-likeness (QED) is 0.729. The molecule has 0 aliphatic rings. The predicted molar refractivity (Wildman–Crippen MR) is 74.1 cm³/mol. The zero-order valence-electron chi connectivity index (χ0n) is 11.1. The Morgan fingerprint density at radius 1 is 1.33 bits per heavy atom. The van der Waals surface area contributed by atoms with Crippen LogP contribution in [-0.2, 0) is 16.4 Å². The lowest BCUT2D eigenvalue weighted by Gasteiger charge is -2.07. The largest absolute Gasteiger partial charge is 0.312 e. The smallest absolute Gasteiger partial charge is 0.151 e. The fourth-order valence-corrected chi connectivity index (χ4v) is 2.97. The minimum atomic E-state index is -2.91. The van der Waals surface area contributed by atoms with E-state index in [1.54, 1.807) is 12.4 Å². The SMILES string of the molecule is CC(C)CCS(=O)(=O)CCNCc1cccnc1. The summed E-state index contributed by atoms with van der Waals surface area (Å²) in [5.41, 5.74) is 1.07. The molecule has 0 saturated heterocycles. The van der Waals surface area contributed by atoms with Crippen LogP contribution in [-0.4, -0.2) is 31.5 Å². The number of sulfone groups is 1. The third-order valence-electron chi connectivity index (χ3n) is 2.65. The second-order valence-corrected chi connectivity index (χ2v) is 7.18. The molecule has 5 heteroatoms. The molecule has 0 aromatic carbocycles. The lowest BCUT2D eigenvalue weighted by atomic mass is 10.2. The van der Waals surface area contributed by atoms with Crippen molar-refractivity contribution in [2.45, 2.75) is 26.8 Å². The molecule has 0 aliphatic carbocycles. The van der Waals surface area contributed by atoms with Crippen LogP contribution >= 0.6 is 0 Å². The van der Waals surface area contributed by atoms with Crippen LogP contribution in [0, 0.1) is 5.92 Å². The van der Waals surface area contributed by atoms with E-state index in [4.69, 9.17) is 0 Å². The van der Waals surface area contributed by atoms with Crippen LogP contribution in [0.1, 0.15) is 25.8 Å². The summed E-state index contributed by atoms with van der Waals surface area (Å²) in [6.07, 6.45) is 4.24. The molecule has 18 heavy (non-hydrogen) atoms. The number of hydrogen-bond donors (Lipinski definition) is 1. The highest BCUT2D eigenvalue weighted by atomic mass is 32.2. The van der Waals surface area contributed by atoms with Gasteiger partial charge in [0.2, 0.25) is 0 Å². The number of aromatic nitrogens is 1. The van der Waals surface area contributed by atoms with Crippen molar-refractivity contribution in [1.82, 2.24) is 10.3 Å². The maximum atomic E-state index is 11.7. The summed E-state index contributed by atoms with van der Waals surface area (Å²) in [6.45, 7) is 5.23. The molecule has 1 aromatic heterocycles. The summed E-state index contributed by atoms with van der Waals surface area (Å²) < 4.78 is 23.4. The predicted octanol–water partition coefficient (Wildman–Crippen LogP) is 1.63. The van der Waals surface area contributed by atoms with Crippen molar-refractivity contribution < 1.29 is 8.42 Å². The minimum absolute atomic E-state index is 0.208. The molecule has 0 unspecified atom stereocenters. The second kappa shape index (κ2) is 7.48. The fourth-order valence-electron chi connectivity index (χ4n) is 1.48. The highest BCUT2D eigenvalue weighted by molar-refractivity contribution is 7.91. The van der Waals surface area contributed by atoms with Gasteiger partial charge in [-0.25, -0.2) is 8.42 Å². The van der Waals surface area contributed by atoms with Gasteiger partial charge in [0, 0.05) is 25.5 Å². The van der Waals surface area contributed by atoms with E-state index < -0.39 is 9.84 Å². The first kappa shape index (κ1) is 15.1. The Balaban J connectivity index is 2.21. The molecule has 0 saturated carbocycles. The molecule has 0 radical (unpaired) electrons. The molecule has 0 fully saturated rings. The van der Waals surface area contributed by atoms with Crippen LogP contribution in [0.2, 0.25) is 0 Å². The molecule has 0 amide bonds. The van der Waals surface area contributed by atoms with E-state index in [0.717, 1.165) is 12.0 Å². The van der Waals surface area contributed by atoms with Crippen LogP contribution in [0.3, 0.4) is 0 Å². The summed E-state index contributed by atoms with van der Waals surface area (Å²) in [5.74, 6) is 0.933. The number of rotatable bonds is 8. The molecular weight excluding hydrogens is 248 g/mol. The van der Waals surface area contributed by atoms with Gasteiger partial charge < -0.3 is 5.32 Å². The first-order valence-electron chi connectivity index (χ1n) is 6.29. The molecule has 4 nitrogen and oxygen atoms in total. The van der Waals surface area contributed by atoms with E-state index >= 15 is 0 Å². The molecule has 0 aliphatic heterocycles. The Kier molecular flexibility index (Phi) is 6.29. The third kappa shape index (κ3) is 6.71. The van der Waals surface area contributed by atoms with Crippen molar-refractivity contribution in [2.75, 3.05) is 18.1 Å². The molecule has 1 rings (SSSR count). The molecule has 1 N–H and O–H groups in total. The van der Waals surface area contributed by atoms with Crippen molar-refractivity contribution in [2.24, 2.45) is 5.92 Å². The van der Waals surface area contributed by atoms with E-state index in [1.807, 2.05) is 26.0 Å². The minimum Gasteiger partial charge on any atom is -0.312 e. The van der Waals surface area contributed by atoms with E-state index in [1.165, 1.54) is 0 Å². The van der Waals surface area contributed by atoms with Gasteiger partial charge in [-0.3, -0.25) is 4.98 Å². The topological polar surface area (TPSA) is 59.1 Å². The van der Waals surface area contributed by atoms with Crippen LogP contribution in [0.4, 0.5) is 0 Å². The van der Waals surface area contributed by atoms with Gasteiger partial charge in [-0.05, 0) is 24.0 Å². The standard InChI is InChI=1S/C13H22N2O2S/c1-12(2)5-8-18(16,17)9-7-15-11-13-4-3-6-14-10-13/h3-4,6,10,12,15H,5,7-9,11H2,1-2H3. The third-order valence-corrected chi connectivity index (χ3v) is 4.33. The maximum absolute atomic E-state index is 11.7. The van der Waals surface area contributed by atoms with Crippen molar-refractivity contribution in [3.8, 4) is 0 Å². The Morgan fingerprint density at radius 3 is 2.72 bits per heavy atom. The Hall–Kier alpha value is -0.940. The van der Waals surface area contributed by atoms with Crippen molar-refractivity contribution in [3.63, 3.8) is 0 Å². The van der Waals surface area contributed by atoms with E-state index in [9.17, 15) is 8.42 Å². The molecule has 0 bridgehead atoms. The van der Waals surface area contributed by atoms with Crippen LogP contribution < -0.4 is 5.32 Å². The van der Waals surface area contributed by atoms with E-state index in [2.05, 4.69) is 10.3 Å². The zero-order chi connectivity index (χ0) is 13.4. The molecule has 0 spiro atoms. The lowest BCUT2D eigenvalue weighted by Crippen LogP contribution is -2.24. The number of nitrogens with zero attached hydrogens (tertiary/aromatic N) is 1. The number of pyridine rings is 1. The summed E-state index contributed by atoms with van der Waals surface area (Å²) in [6, 6.07) is 3.84. The van der Waals surface area contributed by atoms with E-state index in [-0.39, 0.29) is 5.75 Å². The maximum Gasteiger partial charge on any atom is 0.151 e. The van der Waals surface area contributed by atoms with E-state index in [0.29, 0.717) is 24.8 Å². The highest BCUT2D eigenvalue weighted by Gasteiger charge is 2.10.